The van der Waals surface area contributed by atoms with E-state index < -0.39 is 21.8 Å². The van der Waals surface area contributed by atoms with Crippen LogP contribution >= 0.6 is 0 Å². The Balaban J connectivity index is 0. The molecule has 0 atom stereocenters. The van der Waals surface area contributed by atoms with E-state index in [1.54, 1.807) is 0 Å². The Morgan fingerprint density at radius 1 is 1.46 bits per heavy atom. The number of nitrogens with two attached hydrogens (primary N) is 1. The molecule has 0 spiro atoms. The fourth-order valence-corrected chi connectivity index (χ4v) is 0.672. The minimum absolute atomic E-state index is 0.844. The summed E-state index contributed by atoms with van der Waals surface area (Å²) in [5.41, 5.74) is 5.14. The van der Waals surface area contributed by atoms with Gasteiger partial charge in [0, 0.05) is 0 Å². The molecule has 0 aliphatic rings. The van der Waals surface area contributed by atoms with Gasteiger partial charge < -0.3 is 10.8 Å². The van der Waals surface area contributed by atoms with Crippen LogP contribution in [0.1, 0.15) is 19.8 Å². The second-order valence-electron chi connectivity index (χ2n) is 2.26. The summed E-state index contributed by atoms with van der Waals surface area (Å²) in [7, 11) is -4.32. The molecule has 80 valence electrons. The van der Waals surface area contributed by atoms with E-state index in [9.17, 15) is 13.2 Å². The predicted molar refractivity (Wildman–Crippen MR) is 48.0 cm³/mol. The van der Waals surface area contributed by atoms with Crippen LogP contribution in [0.4, 0.5) is 0 Å². The van der Waals surface area contributed by atoms with Gasteiger partial charge in [-0.05, 0) is 13.0 Å². The van der Waals surface area contributed by atoms with Gasteiger partial charge >= 0.3 is 5.97 Å². The highest BCUT2D eigenvalue weighted by Gasteiger charge is 2.09. The largest absolute Gasteiger partial charge is 0.480 e. The second-order valence-corrected chi connectivity index (χ2v) is 3.71. The number of carboxylic acids is 1. The maximum atomic E-state index is 9.62. The molecular weight excluding hydrogens is 198 g/mol. The van der Waals surface area contributed by atoms with E-state index in [-0.39, 0.29) is 0 Å². The molecule has 0 fully saturated rings. The number of carboxylic acid groups (broad SMARTS) is 1. The number of aliphatic carboxylic acids is 1. The van der Waals surface area contributed by atoms with Crippen molar-refractivity contribution in [3.05, 3.63) is 0 Å². The van der Waals surface area contributed by atoms with E-state index in [0.717, 1.165) is 6.54 Å². The Hall–Kier alpha value is -0.660. The maximum absolute atomic E-state index is 9.62. The minimum Gasteiger partial charge on any atom is -0.480 e. The maximum Gasteiger partial charge on any atom is 0.321 e. The van der Waals surface area contributed by atoms with Crippen molar-refractivity contribution in [2.75, 3.05) is 12.3 Å². The summed E-state index contributed by atoms with van der Waals surface area (Å²) in [6.45, 7) is 2.98. The minimum atomic E-state index is -4.32. The van der Waals surface area contributed by atoms with Gasteiger partial charge in [0.1, 0.15) is 0 Å². The fraction of sp³-hybridized carbons (Fsp3) is 0.833. The molecule has 0 aliphatic carbocycles. The van der Waals surface area contributed by atoms with E-state index >= 15 is 0 Å². The third-order valence-electron chi connectivity index (χ3n) is 0.864. The van der Waals surface area contributed by atoms with Gasteiger partial charge in [-0.2, -0.15) is 8.42 Å². The smallest absolute Gasteiger partial charge is 0.321 e. The van der Waals surface area contributed by atoms with E-state index in [2.05, 4.69) is 6.92 Å². The lowest BCUT2D eigenvalue weighted by atomic mass is 10.3. The van der Waals surface area contributed by atoms with E-state index in [4.69, 9.17) is 15.4 Å². The molecule has 0 aromatic rings. The zero-order valence-corrected chi connectivity index (χ0v) is 8.25. The van der Waals surface area contributed by atoms with Crippen molar-refractivity contribution in [3.63, 3.8) is 0 Å². The number of hydrogen-bond acceptors (Lipinski definition) is 4. The van der Waals surface area contributed by atoms with Gasteiger partial charge in [-0.25, -0.2) is 0 Å². The molecule has 0 unspecified atom stereocenters. The highest BCUT2D eigenvalue weighted by Crippen LogP contribution is 1.78. The van der Waals surface area contributed by atoms with Crippen molar-refractivity contribution in [1.29, 1.82) is 0 Å². The van der Waals surface area contributed by atoms with Gasteiger partial charge in [0.2, 0.25) is 0 Å². The molecule has 0 aliphatic heterocycles. The van der Waals surface area contributed by atoms with Gasteiger partial charge in [-0.3, -0.25) is 9.35 Å². The van der Waals surface area contributed by atoms with E-state index in [1.165, 1.54) is 12.8 Å². The van der Waals surface area contributed by atoms with Crippen LogP contribution in [0.3, 0.4) is 0 Å². The Morgan fingerprint density at radius 3 is 1.92 bits per heavy atom. The molecular formula is C6H15NO5S. The normalized spacial score (nSPS) is 10.1. The first-order chi connectivity index (χ1) is 5.83. The molecule has 0 rings (SSSR count). The van der Waals surface area contributed by atoms with Crippen molar-refractivity contribution in [2.45, 2.75) is 19.8 Å². The molecule has 0 bridgehead atoms. The molecule has 0 heterocycles. The van der Waals surface area contributed by atoms with Crippen molar-refractivity contribution in [3.8, 4) is 0 Å². The molecule has 0 radical (unpaired) electrons. The van der Waals surface area contributed by atoms with Crippen molar-refractivity contribution in [2.24, 2.45) is 5.73 Å². The summed E-state index contributed by atoms with van der Waals surface area (Å²) in [4.78, 5) is 9.48. The SMILES string of the molecule is CCCCN.O=C(O)CS(=O)(=O)O. The highest BCUT2D eigenvalue weighted by atomic mass is 32.2. The van der Waals surface area contributed by atoms with Crippen LogP contribution < -0.4 is 5.73 Å². The first-order valence-corrected chi connectivity index (χ1v) is 5.31. The Kier molecular flexibility index (Phi) is 9.09. The monoisotopic (exact) mass is 213 g/mol. The molecule has 0 aromatic carbocycles. The van der Waals surface area contributed by atoms with Crippen LogP contribution in [0.25, 0.3) is 0 Å². The topological polar surface area (TPSA) is 118 Å². The van der Waals surface area contributed by atoms with Gasteiger partial charge in [0.05, 0.1) is 0 Å². The van der Waals surface area contributed by atoms with E-state index in [1.807, 2.05) is 0 Å². The number of unbranched alkanes of at least 4 members (excludes halogenated alkanes) is 1. The fourth-order valence-electron chi connectivity index (χ4n) is 0.360. The van der Waals surface area contributed by atoms with Crippen LogP contribution in [-0.2, 0) is 14.9 Å². The second kappa shape index (κ2) is 7.96. The van der Waals surface area contributed by atoms with Gasteiger partial charge in [0.15, 0.2) is 5.75 Å². The molecule has 13 heavy (non-hydrogen) atoms. The first-order valence-electron chi connectivity index (χ1n) is 3.70. The van der Waals surface area contributed by atoms with Gasteiger partial charge in [0.25, 0.3) is 10.1 Å². The molecule has 4 N–H and O–H groups in total. The highest BCUT2D eigenvalue weighted by molar-refractivity contribution is 7.86. The summed E-state index contributed by atoms with van der Waals surface area (Å²) >= 11 is 0. The summed E-state index contributed by atoms with van der Waals surface area (Å²) in [5.74, 6) is -2.79. The summed E-state index contributed by atoms with van der Waals surface area (Å²) in [6, 6.07) is 0. The van der Waals surface area contributed by atoms with Crippen LogP contribution in [0.2, 0.25) is 0 Å². The van der Waals surface area contributed by atoms with Gasteiger partial charge in [-0.15, -0.1) is 0 Å². The van der Waals surface area contributed by atoms with Crippen LogP contribution in [0.5, 0.6) is 0 Å². The summed E-state index contributed by atoms with van der Waals surface area (Å²) < 4.78 is 27.0. The predicted octanol–water partition coefficient (Wildman–Crippen LogP) is -0.296. The summed E-state index contributed by atoms with van der Waals surface area (Å²) in [5, 5.41) is 7.71. The van der Waals surface area contributed by atoms with Crippen LogP contribution in [-0.4, -0.2) is 36.3 Å². The van der Waals surface area contributed by atoms with Crippen molar-refractivity contribution in [1.82, 2.24) is 0 Å². The number of rotatable bonds is 4. The average molecular weight is 213 g/mol. The molecule has 0 saturated carbocycles. The van der Waals surface area contributed by atoms with Crippen LogP contribution in [0, 0.1) is 0 Å². The third-order valence-corrected chi connectivity index (χ3v) is 1.48. The van der Waals surface area contributed by atoms with Crippen LogP contribution in [0.15, 0.2) is 0 Å². The third kappa shape index (κ3) is 24.6. The molecule has 6 nitrogen and oxygen atoms in total. The number of hydrogen-bond donors (Lipinski definition) is 3. The van der Waals surface area contributed by atoms with Gasteiger partial charge in [-0.1, -0.05) is 13.3 Å². The Bertz CT molecular complexity index is 221. The molecule has 0 aromatic heterocycles. The molecule has 0 amide bonds. The lowest BCUT2D eigenvalue weighted by Gasteiger charge is -1.85. The van der Waals surface area contributed by atoms with E-state index in [0.29, 0.717) is 0 Å². The lowest BCUT2D eigenvalue weighted by molar-refractivity contribution is -0.134. The summed E-state index contributed by atoms with van der Waals surface area (Å²) in [6.07, 6.45) is 2.39. The standard InChI is InChI=1S/C4H11N.C2H4O5S/c1-2-3-4-5;3-2(4)1-8(5,6)7/h2-5H2,1H3;1H2,(H,3,4)(H,5,6,7). The Labute approximate surface area is 77.5 Å². The molecule has 0 saturated heterocycles. The quantitative estimate of drug-likeness (QED) is 0.552. The first kappa shape index (κ1) is 14.8. The zero-order valence-electron chi connectivity index (χ0n) is 7.43. The average Bonchev–Trinajstić information content (AvgIpc) is 1.84. The number of carbonyl (C=O) groups is 1. The zero-order chi connectivity index (χ0) is 10.9. The Morgan fingerprint density at radius 2 is 1.92 bits per heavy atom. The van der Waals surface area contributed by atoms with Crippen molar-refractivity contribution >= 4 is 16.1 Å². The van der Waals surface area contributed by atoms with Crippen molar-refractivity contribution < 1.29 is 22.9 Å². The lowest BCUT2D eigenvalue weighted by Crippen LogP contribution is -2.13. The molecule has 7 heteroatoms.